The lowest BCUT2D eigenvalue weighted by Crippen LogP contribution is -2.29. The lowest BCUT2D eigenvalue weighted by Gasteiger charge is -2.20. The molecule has 0 amide bonds. The van der Waals surface area contributed by atoms with Crippen molar-refractivity contribution in [1.29, 1.82) is 0 Å². The van der Waals surface area contributed by atoms with Crippen molar-refractivity contribution >= 4 is 32.8 Å². The number of aromatic nitrogens is 5. The number of nitrogens with zero attached hydrogens (tertiary/aromatic N) is 5. The normalized spacial score (nSPS) is 12.4. The first-order chi connectivity index (χ1) is 25.3. The van der Waals surface area contributed by atoms with E-state index in [1.807, 2.05) is 22.9 Å². The van der Waals surface area contributed by atoms with E-state index in [1.165, 1.54) is 22.1 Å². The first-order valence-electron chi connectivity index (χ1n) is 18.6. The second-order valence-corrected chi connectivity index (χ2v) is 16.6. The summed E-state index contributed by atoms with van der Waals surface area (Å²) in [5.74, 6) is 3.62. The van der Waals surface area contributed by atoms with Gasteiger partial charge >= 0.3 is 0 Å². The molecule has 4 heterocycles. The molecule has 8 rings (SSSR count). The Balaban J connectivity index is 1.21. The third-order valence-corrected chi connectivity index (χ3v) is 10.0. The van der Waals surface area contributed by atoms with Gasteiger partial charge in [0, 0.05) is 35.3 Å². The van der Waals surface area contributed by atoms with E-state index in [0.29, 0.717) is 11.7 Å². The van der Waals surface area contributed by atoms with E-state index in [9.17, 15) is 0 Å². The summed E-state index contributed by atoms with van der Waals surface area (Å²) in [7, 11) is 0. The zero-order valence-electron chi connectivity index (χ0n) is 32.0. The summed E-state index contributed by atoms with van der Waals surface area (Å²) in [5.41, 5.74) is 9.16. The molecule has 53 heavy (non-hydrogen) atoms. The van der Waals surface area contributed by atoms with E-state index < -0.39 is 0 Å². The summed E-state index contributed by atoms with van der Waals surface area (Å²) < 4.78 is 13.0. The van der Waals surface area contributed by atoms with E-state index in [1.54, 1.807) is 6.20 Å². The van der Waals surface area contributed by atoms with Crippen LogP contribution in [0.15, 0.2) is 122 Å². The molecule has 0 saturated heterocycles. The van der Waals surface area contributed by atoms with Crippen molar-refractivity contribution in [3.05, 3.63) is 145 Å². The number of para-hydroxylation sites is 2. The largest absolute Gasteiger partial charge is 0.458 e. The molecule has 0 atom stereocenters. The van der Waals surface area contributed by atoms with Gasteiger partial charge in [-0.3, -0.25) is 18.7 Å². The zero-order valence-corrected chi connectivity index (χ0v) is 32.0. The molecule has 0 N–H and O–H groups in total. The van der Waals surface area contributed by atoms with Gasteiger partial charge in [0.2, 0.25) is 0 Å². The molecule has 0 fully saturated rings. The highest BCUT2D eigenvalue weighted by molar-refractivity contribution is 6.09. The van der Waals surface area contributed by atoms with Gasteiger partial charge in [0.25, 0.3) is 6.33 Å². The smallest absolute Gasteiger partial charge is 0.271 e. The molecule has 6 nitrogen and oxygen atoms in total. The summed E-state index contributed by atoms with van der Waals surface area (Å²) in [6.07, 6.45) is 8.34. The van der Waals surface area contributed by atoms with Gasteiger partial charge in [-0.2, -0.15) is 0 Å². The maximum Gasteiger partial charge on any atom is 0.271 e. The van der Waals surface area contributed by atoms with E-state index in [4.69, 9.17) is 14.7 Å². The van der Waals surface area contributed by atoms with E-state index in [2.05, 4.69) is 168 Å². The molecular weight excluding hydrogens is 651 g/mol. The molecule has 4 aromatic carbocycles. The Morgan fingerprint density at radius 2 is 1.38 bits per heavy atom. The quantitative estimate of drug-likeness (QED) is 0.123. The maximum absolute atomic E-state index is 6.64. The number of benzene rings is 4. The second-order valence-electron chi connectivity index (χ2n) is 16.6. The molecule has 0 aliphatic heterocycles. The molecule has 0 unspecified atom stereocenters. The average molecular weight is 698 g/mol. The molecule has 0 aliphatic rings. The van der Waals surface area contributed by atoms with Crippen LogP contribution in [0.1, 0.15) is 72.1 Å². The lowest BCUT2D eigenvalue weighted by atomic mass is 9.86. The summed E-state index contributed by atoms with van der Waals surface area (Å²) in [4.78, 5) is 9.68. The van der Waals surface area contributed by atoms with E-state index in [-0.39, 0.29) is 10.8 Å². The van der Waals surface area contributed by atoms with Crippen LogP contribution in [0.5, 0.6) is 11.5 Å². The van der Waals surface area contributed by atoms with Crippen molar-refractivity contribution in [3.8, 4) is 28.8 Å². The topological polar surface area (TPSA) is 48.8 Å². The van der Waals surface area contributed by atoms with Gasteiger partial charge in [0.15, 0.2) is 5.82 Å². The maximum atomic E-state index is 6.64. The molecule has 0 spiro atoms. The molecule has 4 aromatic heterocycles. The van der Waals surface area contributed by atoms with Crippen molar-refractivity contribution < 1.29 is 9.30 Å². The fraction of sp³-hybridized carbons (Fsp3) is 0.255. The lowest BCUT2D eigenvalue weighted by molar-refractivity contribution is -0.572. The predicted octanol–water partition coefficient (Wildman–Crippen LogP) is 11.2. The second kappa shape index (κ2) is 13.0. The summed E-state index contributed by atoms with van der Waals surface area (Å²) >= 11 is 0. The first-order valence-corrected chi connectivity index (χ1v) is 18.6. The monoisotopic (exact) mass is 697 g/mol. The Hall–Kier alpha value is -5.75. The standard InChI is InChI=1S/C47H47N5O/c1-31(2)24-32-12-11-13-35(25-32)50-30-51(42-15-10-9-14-41(42)50)44-29-37(21-23-48-44)53-36-17-18-38-39-26-33(46(3,4)5)16-19-40(39)52(43(38)28-36)45-27-34(20-22-49-45)47(6,7)8/h9-23,25-29,31H,24H2,1-8H3. The minimum absolute atomic E-state index is 0.0112. The highest BCUT2D eigenvalue weighted by Crippen LogP contribution is 2.38. The number of pyridine rings is 2. The Kier molecular flexibility index (Phi) is 8.44. The number of hydrogen-bond donors (Lipinski definition) is 0. The minimum atomic E-state index is -0.0112. The van der Waals surface area contributed by atoms with E-state index in [0.717, 1.165) is 56.9 Å². The highest BCUT2D eigenvalue weighted by Gasteiger charge is 2.21. The molecule has 0 radical (unpaired) electrons. The molecule has 0 saturated carbocycles. The van der Waals surface area contributed by atoms with Crippen LogP contribution in [0.25, 0.3) is 50.2 Å². The van der Waals surface area contributed by atoms with Crippen molar-refractivity contribution in [2.24, 2.45) is 5.92 Å². The predicted molar refractivity (Wildman–Crippen MR) is 216 cm³/mol. The third-order valence-electron chi connectivity index (χ3n) is 10.0. The highest BCUT2D eigenvalue weighted by atomic mass is 16.5. The number of ether oxygens (including phenoxy) is 1. The van der Waals surface area contributed by atoms with Gasteiger partial charge in [0.05, 0.1) is 27.8 Å². The summed E-state index contributed by atoms with van der Waals surface area (Å²) in [6, 6.07) is 38.5. The van der Waals surface area contributed by atoms with Crippen LogP contribution >= 0.6 is 0 Å². The van der Waals surface area contributed by atoms with Crippen molar-refractivity contribution in [1.82, 2.24) is 19.1 Å². The van der Waals surface area contributed by atoms with Crippen molar-refractivity contribution in [2.45, 2.75) is 72.6 Å². The van der Waals surface area contributed by atoms with Gasteiger partial charge in [0.1, 0.15) is 17.3 Å². The van der Waals surface area contributed by atoms with Crippen LogP contribution in [0, 0.1) is 12.2 Å². The third kappa shape index (κ3) is 6.59. The SMILES string of the molecule is CC(C)Cc1cccc(-[n+]2[c-]n(-c3cc(Oc4ccc5c6cc(C(C)(C)C)ccc6n(-c6cc(C(C)(C)C)ccn6)c5c4)ccn3)c3ccccc32)c1. The number of hydrogen-bond acceptors (Lipinski definition) is 3. The van der Waals surface area contributed by atoms with Crippen LogP contribution in [0.3, 0.4) is 0 Å². The Morgan fingerprint density at radius 1 is 0.642 bits per heavy atom. The Bertz CT molecular complexity index is 2630. The van der Waals surface area contributed by atoms with Crippen LogP contribution in [0.2, 0.25) is 0 Å². The summed E-state index contributed by atoms with van der Waals surface area (Å²) in [5, 5.41) is 2.36. The fourth-order valence-corrected chi connectivity index (χ4v) is 7.22. The number of imidazole rings is 1. The Morgan fingerprint density at radius 3 is 2.17 bits per heavy atom. The van der Waals surface area contributed by atoms with E-state index >= 15 is 0 Å². The molecule has 6 heteroatoms. The number of rotatable bonds is 7. The van der Waals surface area contributed by atoms with Gasteiger partial charge in [-0.25, -0.2) is 4.98 Å². The fourth-order valence-electron chi connectivity index (χ4n) is 7.22. The van der Waals surface area contributed by atoms with Gasteiger partial charge < -0.3 is 4.74 Å². The number of fused-ring (bicyclic) bond motifs is 4. The van der Waals surface area contributed by atoms with Gasteiger partial charge in [-0.1, -0.05) is 103 Å². The van der Waals surface area contributed by atoms with Gasteiger partial charge in [-0.05, 0) is 88.9 Å². The zero-order chi connectivity index (χ0) is 37.1. The summed E-state index contributed by atoms with van der Waals surface area (Å²) in [6.45, 7) is 18.0. The van der Waals surface area contributed by atoms with Crippen LogP contribution in [-0.2, 0) is 17.3 Å². The molecule has 8 aromatic rings. The molecule has 266 valence electrons. The molecule has 0 aliphatic carbocycles. The molecular formula is C47H47N5O. The average Bonchev–Trinajstić information content (AvgIpc) is 3.67. The van der Waals surface area contributed by atoms with Crippen LogP contribution in [-0.4, -0.2) is 19.1 Å². The van der Waals surface area contributed by atoms with Gasteiger partial charge in [-0.15, -0.1) is 0 Å². The molecule has 0 bridgehead atoms. The van der Waals surface area contributed by atoms with Crippen molar-refractivity contribution in [3.63, 3.8) is 0 Å². The van der Waals surface area contributed by atoms with Crippen LogP contribution < -0.4 is 9.30 Å². The first kappa shape index (κ1) is 34.3. The Labute approximate surface area is 312 Å². The van der Waals surface area contributed by atoms with Crippen molar-refractivity contribution in [2.75, 3.05) is 0 Å². The minimum Gasteiger partial charge on any atom is -0.458 e. The van der Waals surface area contributed by atoms with Crippen LogP contribution in [0.4, 0.5) is 0 Å².